The van der Waals surface area contributed by atoms with Crippen LogP contribution in [0.1, 0.15) is 13.8 Å². The number of ether oxygens (including phenoxy) is 5. The first-order valence-corrected chi connectivity index (χ1v) is 5.47. The van der Waals surface area contributed by atoms with Crippen LogP contribution in [0.3, 0.4) is 0 Å². The molecule has 4 unspecified atom stereocenters. The molecule has 2 rings (SSSR count). The van der Waals surface area contributed by atoms with Gasteiger partial charge in [-0.3, -0.25) is 0 Å². The Kier molecular flexibility index (Phi) is 3.93. The Morgan fingerprint density at radius 3 is 1.67 bits per heavy atom. The number of rotatable bonds is 8. The Hall–Kier alpha value is -0.200. The topological polar surface area (TPSA) is 52.8 Å². The molecule has 0 N–H and O–H groups in total. The maximum absolute atomic E-state index is 5.68. The van der Waals surface area contributed by atoms with Crippen LogP contribution in [0.15, 0.2) is 0 Å². The standard InChI is InChI=1S/C10H18O5/c1-3-11-9(7-5-13-7)15-10(12-4-2)8-6-14-8/h7-10H,3-6H2,1-2H3. The van der Waals surface area contributed by atoms with Gasteiger partial charge in [0.05, 0.1) is 13.2 Å². The SMILES string of the molecule is CCOC(OC(OCC)C1CO1)C1CO1. The van der Waals surface area contributed by atoms with E-state index in [9.17, 15) is 0 Å². The largest absolute Gasteiger partial charge is 0.368 e. The van der Waals surface area contributed by atoms with Gasteiger partial charge in [0, 0.05) is 13.2 Å². The highest BCUT2D eigenvalue weighted by atomic mass is 16.8. The Morgan fingerprint density at radius 2 is 1.40 bits per heavy atom. The first-order chi connectivity index (χ1) is 7.35. The minimum Gasteiger partial charge on any atom is -0.368 e. The van der Waals surface area contributed by atoms with Crippen molar-refractivity contribution in [3.63, 3.8) is 0 Å². The maximum Gasteiger partial charge on any atom is 0.189 e. The molecule has 0 aromatic carbocycles. The van der Waals surface area contributed by atoms with Gasteiger partial charge in [0.25, 0.3) is 0 Å². The molecule has 0 aromatic heterocycles. The van der Waals surface area contributed by atoms with Crippen LogP contribution in [0.25, 0.3) is 0 Å². The summed E-state index contributed by atoms with van der Waals surface area (Å²) in [4.78, 5) is 0. The fraction of sp³-hybridized carbons (Fsp3) is 1.00. The van der Waals surface area contributed by atoms with Crippen molar-refractivity contribution < 1.29 is 23.7 Å². The van der Waals surface area contributed by atoms with Crippen molar-refractivity contribution in [2.24, 2.45) is 0 Å². The van der Waals surface area contributed by atoms with Crippen molar-refractivity contribution in [3.05, 3.63) is 0 Å². The van der Waals surface area contributed by atoms with E-state index in [1.54, 1.807) is 0 Å². The summed E-state index contributed by atoms with van der Waals surface area (Å²) in [6.07, 6.45) is -0.523. The molecule has 2 aliphatic heterocycles. The highest BCUT2D eigenvalue weighted by Gasteiger charge is 2.41. The molecule has 0 saturated carbocycles. The zero-order valence-corrected chi connectivity index (χ0v) is 9.18. The Labute approximate surface area is 89.6 Å². The van der Waals surface area contributed by atoms with E-state index in [2.05, 4.69) is 0 Å². The predicted molar refractivity (Wildman–Crippen MR) is 51.4 cm³/mol. The van der Waals surface area contributed by atoms with Gasteiger partial charge in [-0.25, -0.2) is 0 Å². The molecule has 5 heteroatoms. The van der Waals surface area contributed by atoms with Gasteiger partial charge in [0.2, 0.25) is 0 Å². The highest BCUT2D eigenvalue weighted by molar-refractivity contribution is 4.78. The summed E-state index contributed by atoms with van der Waals surface area (Å²) in [5, 5.41) is 0. The molecule has 2 heterocycles. The smallest absolute Gasteiger partial charge is 0.189 e. The Balaban J connectivity index is 1.78. The van der Waals surface area contributed by atoms with E-state index < -0.39 is 0 Å². The van der Waals surface area contributed by atoms with Gasteiger partial charge in [0.1, 0.15) is 12.2 Å². The molecule has 0 radical (unpaired) electrons. The van der Waals surface area contributed by atoms with Crippen molar-refractivity contribution in [1.29, 1.82) is 0 Å². The van der Waals surface area contributed by atoms with E-state index in [0.717, 1.165) is 0 Å². The summed E-state index contributed by atoms with van der Waals surface area (Å²) in [6.45, 7) is 6.48. The molecule has 0 spiro atoms. The van der Waals surface area contributed by atoms with E-state index in [4.69, 9.17) is 23.7 Å². The third-order valence-electron chi connectivity index (χ3n) is 2.26. The van der Waals surface area contributed by atoms with Crippen LogP contribution in [0, 0.1) is 0 Å². The molecule has 2 saturated heterocycles. The average Bonchev–Trinajstić information content (AvgIpc) is 3.05. The lowest BCUT2D eigenvalue weighted by molar-refractivity contribution is -0.253. The number of epoxide rings is 2. The fourth-order valence-corrected chi connectivity index (χ4v) is 1.35. The zero-order chi connectivity index (χ0) is 10.7. The van der Waals surface area contributed by atoms with Crippen LogP contribution in [0.4, 0.5) is 0 Å². The molecule has 0 amide bonds. The second-order valence-corrected chi connectivity index (χ2v) is 3.53. The van der Waals surface area contributed by atoms with E-state index >= 15 is 0 Å². The third-order valence-corrected chi connectivity index (χ3v) is 2.26. The van der Waals surface area contributed by atoms with Crippen molar-refractivity contribution in [3.8, 4) is 0 Å². The van der Waals surface area contributed by atoms with Crippen LogP contribution in [-0.2, 0) is 23.7 Å². The predicted octanol–water partition coefficient (Wildman–Crippen LogP) is 0.526. The van der Waals surface area contributed by atoms with Gasteiger partial charge in [-0.1, -0.05) is 0 Å². The average molecular weight is 218 g/mol. The molecular formula is C10H18O5. The van der Waals surface area contributed by atoms with Crippen LogP contribution in [0.2, 0.25) is 0 Å². The molecule has 15 heavy (non-hydrogen) atoms. The minimum absolute atomic E-state index is 0.0617. The Morgan fingerprint density at radius 1 is 1.00 bits per heavy atom. The number of hydrogen-bond donors (Lipinski definition) is 0. The lowest BCUT2D eigenvalue weighted by Crippen LogP contribution is -2.34. The van der Waals surface area contributed by atoms with Crippen molar-refractivity contribution >= 4 is 0 Å². The summed E-state index contributed by atoms with van der Waals surface area (Å²) in [6, 6.07) is 0. The molecule has 2 fully saturated rings. The van der Waals surface area contributed by atoms with Gasteiger partial charge in [-0.05, 0) is 13.8 Å². The molecule has 0 aliphatic carbocycles. The van der Waals surface area contributed by atoms with E-state index in [1.165, 1.54) is 0 Å². The van der Waals surface area contributed by atoms with E-state index in [-0.39, 0.29) is 24.8 Å². The highest BCUT2D eigenvalue weighted by Crippen LogP contribution is 2.25. The van der Waals surface area contributed by atoms with Crippen molar-refractivity contribution in [1.82, 2.24) is 0 Å². The van der Waals surface area contributed by atoms with Crippen LogP contribution in [-0.4, -0.2) is 51.2 Å². The first-order valence-electron chi connectivity index (χ1n) is 5.47. The Bertz CT molecular complexity index is 170. The summed E-state index contributed by atoms with van der Waals surface area (Å²) in [7, 11) is 0. The van der Waals surface area contributed by atoms with Gasteiger partial charge in [-0.2, -0.15) is 0 Å². The first kappa shape index (κ1) is 11.3. The summed E-state index contributed by atoms with van der Waals surface area (Å²) in [5.41, 5.74) is 0. The molecule has 2 aliphatic rings. The molecular weight excluding hydrogens is 200 g/mol. The van der Waals surface area contributed by atoms with Crippen LogP contribution < -0.4 is 0 Å². The summed E-state index contributed by atoms with van der Waals surface area (Å²) in [5.74, 6) is 0. The quantitative estimate of drug-likeness (QED) is 0.439. The molecule has 0 aromatic rings. The molecule has 5 nitrogen and oxygen atoms in total. The van der Waals surface area contributed by atoms with Crippen LogP contribution >= 0.6 is 0 Å². The summed E-state index contributed by atoms with van der Waals surface area (Å²) < 4.78 is 26.9. The van der Waals surface area contributed by atoms with Crippen molar-refractivity contribution in [2.45, 2.75) is 38.6 Å². The van der Waals surface area contributed by atoms with Gasteiger partial charge in [0.15, 0.2) is 12.6 Å². The molecule has 0 bridgehead atoms. The van der Waals surface area contributed by atoms with E-state index in [0.29, 0.717) is 26.4 Å². The fourth-order valence-electron chi connectivity index (χ4n) is 1.35. The second kappa shape index (κ2) is 5.23. The third kappa shape index (κ3) is 3.39. The van der Waals surface area contributed by atoms with Gasteiger partial charge < -0.3 is 23.7 Å². The van der Waals surface area contributed by atoms with E-state index in [1.807, 2.05) is 13.8 Å². The second-order valence-electron chi connectivity index (χ2n) is 3.53. The lowest BCUT2D eigenvalue weighted by atomic mass is 10.4. The molecule has 88 valence electrons. The van der Waals surface area contributed by atoms with Crippen LogP contribution in [0.5, 0.6) is 0 Å². The van der Waals surface area contributed by atoms with Gasteiger partial charge >= 0.3 is 0 Å². The maximum atomic E-state index is 5.68. The zero-order valence-electron chi connectivity index (χ0n) is 9.18. The van der Waals surface area contributed by atoms with Gasteiger partial charge in [-0.15, -0.1) is 0 Å². The lowest BCUT2D eigenvalue weighted by Gasteiger charge is -2.22. The number of hydrogen-bond acceptors (Lipinski definition) is 5. The normalized spacial score (nSPS) is 32.4. The van der Waals surface area contributed by atoms with Crippen molar-refractivity contribution in [2.75, 3.05) is 26.4 Å². The monoisotopic (exact) mass is 218 g/mol. The minimum atomic E-state index is -0.323. The summed E-state index contributed by atoms with van der Waals surface area (Å²) >= 11 is 0. The molecule has 4 atom stereocenters.